The normalized spacial score (nSPS) is 16.4. The predicted octanol–water partition coefficient (Wildman–Crippen LogP) is 2.01. The van der Waals surface area contributed by atoms with Gasteiger partial charge in [-0.3, -0.25) is 4.90 Å². The summed E-state index contributed by atoms with van der Waals surface area (Å²) in [4.78, 5) is 4.79. The molecule has 1 aliphatic heterocycles. The van der Waals surface area contributed by atoms with Crippen LogP contribution in [-0.4, -0.2) is 51.9 Å². The van der Waals surface area contributed by atoms with E-state index in [9.17, 15) is 8.42 Å². The van der Waals surface area contributed by atoms with Crippen molar-refractivity contribution in [1.29, 1.82) is 0 Å². The lowest BCUT2D eigenvalue weighted by Crippen LogP contribution is -2.40. The summed E-state index contributed by atoms with van der Waals surface area (Å²) in [6.07, 6.45) is 0. The third-order valence-electron chi connectivity index (χ3n) is 4.22. The zero-order valence-electron chi connectivity index (χ0n) is 14.8. The molecule has 6 nitrogen and oxygen atoms in total. The van der Waals surface area contributed by atoms with Gasteiger partial charge in [-0.05, 0) is 24.6 Å². The molecule has 0 spiro atoms. The zero-order valence-corrected chi connectivity index (χ0v) is 15.6. The second-order valence-electron chi connectivity index (χ2n) is 6.22. The van der Waals surface area contributed by atoms with E-state index in [2.05, 4.69) is 14.8 Å². The first-order chi connectivity index (χ1) is 12.5. The Morgan fingerprint density at radius 1 is 1.08 bits per heavy atom. The summed E-state index contributed by atoms with van der Waals surface area (Å²) < 4.78 is 30.4. The number of nitrogens with one attached hydrogen (secondary N) is 1. The Bertz CT molecular complexity index is 843. The van der Waals surface area contributed by atoms with E-state index in [1.807, 2.05) is 37.3 Å². The number of hydrazone groups is 1. The first-order valence-corrected chi connectivity index (χ1v) is 10.0. The van der Waals surface area contributed by atoms with Gasteiger partial charge < -0.3 is 4.74 Å². The van der Waals surface area contributed by atoms with Gasteiger partial charge in [0.2, 0.25) is 0 Å². The van der Waals surface area contributed by atoms with Crippen molar-refractivity contribution in [1.82, 2.24) is 9.73 Å². The molecule has 1 N–H and O–H groups in total. The molecule has 26 heavy (non-hydrogen) atoms. The van der Waals surface area contributed by atoms with Crippen LogP contribution < -0.4 is 4.83 Å². The number of rotatable bonds is 6. The summed E-state index contributed by atoms with van der Waals surface area (Å²) in [6, 6.07) is 16.3. The molecular formula is C19H23N3O3S. The molecule has 7 heteroatoms. The number of aryl methyl sites for hydroxylation is 1. The van der Waals surface area contributed by atoms with E-state index in [0.29, 0.717) is 25.5 Å². The van der Waals surface area contributed by atoms with Crippen LogP contribution in [0.5, 0.6) is 0 Å². The van der Waals surface area contributed by atoms with Crippen molar-refractivity contribution in [3.63, 3.8) is 0 Å². The maximum Gasteiger partial charge on any atom is 0.276 e. The Morgan fingerprint density at radius 2 is 1.73 bits per heavy atom. The van der Waals surface area contributed by atoms with Gasteiger partial charge in [0.25, 0.3) is 10.0 Å². The summed E-state index contributed by atoms with van der Waals surface area (Å²) in [5.41, 5.74) is 2.58. The van der Waals surface area contributed by atoms with Gasteiger partial charge in [0.15, 0.2) is 0 Å². The predicted molar refractivity (Wildman–Crippen MR) is 102 cm³/mol. The molecule has 138 valence electrons. The lowest BCUT2D eigenvalue weighted by atomic mass is 10.1. The number of hydrogen-bond donors (Lipinski definition) is 1. The van der Waals surface area contributed by atoms with Crippen LogP contribution in [0.15, 0.2) is 64.6 Å². The molecule has 3 rings (SSSR count). The average Bonchev–Trinajstić information content (AvgIpc) is 2.67. The number of nitrogens with zero attached hydrogens (tertiary/aromatic N) is 2. The lowest BCUT2D eigenvalue weighted by molar-refractivity contribution is 0.0453. The van der Waals surface area contributed by atoms with Crippen molar-refractivity contribution in [3.8, 4) is 0 Å². The minimum absolute atomic E-state index is 0.200. The fraction of sp³-hybridized carbons (Fsp3) is 0.316. The van der Waals surface area contributed by atoms with Crippen LogP contribution in [0.1, 0.15) is 11.1 Å². The molecule has 2 aromatic carbocycles. The largest absolute Gasteiger partial charge is 0.379 e. The standard InChI is InChI=1S/C19H23N3O3S/c1-16-7-9-18(10-8-16)26(23,24)21-20-19(17-5-3-2-4-6-17)15-22-11-13-25-14-12-22/h2-10,21H,11-15H2,1H3/b20-19-. The van der Waals surface area contributed by atoms with Crippen molar-refractivity contribution in [3.05, 3.63) is 65.7 Å². The van der Waals surface area contributed by atoms with E-state index < -0.39 is 10.0 Å². The quantitative estimate of drug-likeness (QED) is 0.621. The molecule has 1 aliphatic rings. The Labute approximate surface area is 154 Å². The Kier molecular flexibility index (Phi) is 6.03. The van der Waals surface area contributed by atoms with Crippen LogP contribution >= 0.6 is 0 Å². The van der Waals surface area contributed by atoms with Crippen LogP contribution in [0.25, 0.3) is 0 Å². The number of sulfonamides is 1. The molecule has 0 bridgehead atoms. The number of ether oxygens (including phenoxy) is 1. The molecule has 0 atom stereocenters. The molecule has 2 aromatic rings. The molecule has 1 saturated heterocycles. The van der Waals surface area contributed by atoms with Gasteiger partial charge in [-0.1, -0.05) is 48.0 Å². The highest BCUT2D eigenvalue weighted by Crippen LogP contribution is 2.11. The Hall–Kier alpha value is -2.22. The van der Waals surface area contributed by atoms with Crippen LogP contribution in [0.2, 0.25) is 0 Å². The maximum absolute atomic E-state index is 12.5. The topological polar surface area (TPSA) is 71.0 Å². The summed E-state index contributed by atoms with van der Waals surface area (Å²) in [5, 5.41) is 4.25. The van der Waals surface area contributed by atoms with Crippen molar-refractivity contribution in [2.24, 2.45) is 5.10 Å². The fourth-order valence-electron chi connectivity index (χ4n) is 2.68. The third-order valence-corrected chi connectivity index (χ3v) is 5.44. The SMILES string of the molecule is Cc1ccc(S(=O)(=O)N/N=C(/CN2CCOCC2)c2ccccc2)cc1. The second kappa shape index (κ2) is 8.44. The van der Waals surface area contributed by atoms with Gasteiger partial charge in [0.05, 0.1) is 23.8 Å². The number of hydrogen-bond acceptors (Lipinski definition) is 5. The van der Waals surface area contributed by atoms with E-state index in [-0.39, 0.29) is 4.90 Å². The fourth-order valence-corrected chi connectivity index (χ4v) is 3.51. The minimum Gasteiger partial charge on any atom is -0.379 e. The van der Waals surface area contributed by atoms with E-state index in [1.54, 1.807) is 24.3 Å². The lowest BCUT2D eigenvalue weighted by Gasteiger charge is -2.27. The highest BCUT2D eigenvalue weighted by Gasteiger charge is 2.17. The molecule has 0 amide bonds. The summed E-state index contributed by atoms with van der Waals surface area (Å²) in [5.74, 6) is 0. The van der Waals surface area contributed by atoms with Gasteiger partial charge in [0.1, 0.15) is 0 Å². The molecule has 0 radical (unpaired) electrons. The summed E-state index contributed by atoms with van der Waals surface area (Å²) in [6.45, 7) is 5.43. The average molecular weight is 373 g/mol. The van der Waals surface area contributed by atoms with Crippen LogP contribution in [0.3, 0.4) is 0 Å². The Balaban J connectivity index is 1.82. The van der Waals surface area contributed by atoms with E-state index >= 15 is 0 Å². The molecule has 1 fully saturated rings. The molecule has 0 aromatic heterocycles. The first kappa shape index (κ1) is 18.6. The highest BCUT2D eigenvalue weighted by atomic mass is 32.2. The second-order valence-corrected chi connectivity index (χ2v) is 7.88. The van der Waals surface area contributed by atoms with Crippen molar-refractivity contribution in [2.45, 2.75) is 11.8 Å². The van der Waals surface area contributed by atoms with E-state index in [1.165, 1.54) is 0 Å². The smallest absolute Gasteiger partial charge is 0.276 e. The van der Waals surface area contributed by atoms with Gasteiger partial charge in [-0.15, -0.1) is 0 Å². The molecule has 1 heterocycles. The maximum atomic E-state index is 12.5. The van der Waals surface area contributed by atoms with Crippen molar-refractivity contribution >= 4 is 15.7 Å². The molecule has 0 unspecified atom stereocenters. The third kappa shape index (κ3) is 4.91. The minimum atomic E-state index is -3.70. The van der Waals surface area contributed by atoms with Gasteiger partial charge >= 0.3 is 0 Å². The molecular weight excluding hydrogens is 350 g/mol. The highest BCUT2D eigenvalue weighted by molar-refractivity contribution is 7.89. The molecule has 0 aliphatic carbocycles. The Morgan fingerprint density at radius 3 is 2.38 bits per heavy atom. The van der Waals surface area contributed by atoms with Gasteiger partial charge in [-0.25, -0.2) is 0 Å². The van der Waals surface area contributed by atoms with Crippen LogP contribution in [0, 0.1) is 6.92 Å². The van der Waals surface area contributed by atoms with Gasteiger partial charge in [0, 0.05) is 19.6 Å². The monoisotopic (exact) mass is 373 g/mol. The summed E-state index contributed by atoms with van der Waals surface area (Å²) in [7, 11) is -3.70. The zero-order chi connectivity index (χ0) is 18.4. The molecule has 0 saturated carbocycles. The van der Waals surface area contributed by atoms with Gasteiger partial charge in [-0.2, -0.15) is 18.4 Å². The number of benzene rings is 2. The van der Waals surface area contributed by atoms with Crippen LogP contribution in [-0.2, 0) is 14.8 Å². The van der Waals surface area contributed by atoms with E-state index in [0.717, 1.165) is 24.2 Å². The van der Waals surface area contributed by atoms with Crippen molar-refractivity contribution in [2.75, 3.05) is 32.8 Å². The van der Waals surface area contributed by atoms with E-state index in [4.69, 9.17) is 4.74 Å². The van der Waals surface area contributed by atoms with Crippen LogP contribution in [0.4, 0.5) is 0 Å². The first-order valence-electron chi connectivity index (χ1n) is 8.55. The number of morpholine rings is 1. The van der Waals surface area contributed by atoms with Crippen molar-refractivity contribution < 1.29 is 13.2 Å². The summed E-state index contributed by atoms with van der Waals surface area (Å²) >= 11 is 0.